The Balaban J connectivity index is 1.86. The van der Waals surface area contributed by atoms with E-state index in [9.17, 15) is 24.5 Å². The Morgan fingerprint density at radius 3 is 2.35 bits per heavy atom. The molecule has 2 fully saturated rings. The largest absolute Gasteiger partial charge is 0.465 e. The van der Waals surface area contributed by atoms with Crippen LogP contribution in [0.1, 0.15) is 57.1 Å². The molecule has 3 aliphatic rings. The number of nitro benzene ring substituents is 1. The SMILES string of the molecule is CCOC(=O)C1(C(=O)OCC)c2cccc([N+](=O)[O-])c2C[C@@H]2CN(CC3CCCCC3)C(=O)[C@H]21. The predicted octanol–water partition coefficient (Wildman–Crippen LogP) is 3.17. The highest BCUT2D eigenvalue weighted by atomic mass is 16.6. The zero-order valence-electron chi connectivity index (χ0n) is 19.8. The van der Waals surface area contributed by atoms with Gasteiger partial charge in [-0.3, -0.25) is 24.5 Å². The van der Waals surface area contributed by atoms with E-state index in [-0.39, 0.29) is 36.8 Å². The molecule has 0 aromatic heterocycles. The van der Waals surface area contributed by atoms with Crippen molar-refractivity contribution >= 4 is 23.5 Å². The number of rotatable bonds is 7. The van der Waals surface area contributed by atoms with Crippen LogP contribution < -0.4 is 0 Å². The van der Waals surface area contributed by atoms with Gasteiger partial charge in [-0.25, -0.2) is 0 Å². The second kappa shape index (κ2) is 9.72. The van der Waals surface area contributed by atoms with Crippen LogP contribution in [0.5, 0.6) is 0 Å². The molecule has 9 nitrogen and oxygen atoms in total. The van der Waals surface area contributed by atoms with Crippen molar-refractivity contribution in [2.24, 2.45) is 17.8 Å². The van der Waals surface area contributed by atoms with Gasteiger partial charge in [0, 0.05) is 24.7 Å². The fourth-order valence-electron chi connectivity index (χ4n) is 6.25. The third-order valence-corrected chi connectivity index (χ3v) is 7.61. The molecule has 2 aliphatic carbocycles. The summed E-state index contributed by atoms with van der Waals surface area (Å²) in [5, 5.41) is 11.9. The zero-order valence-corrected chi connectivity index (χ0v) is 19.8. The molecular weight excluding hydrogens is 440 g/mol. The Hall–Kier alpha value is -2.97. The summed E-state index contributed by atoms with van der Waals surface area (Å²) in [7, 11) is 0. The molecule has 0 N–H and O–H groups in total. The van der Waals surface area contributed by atoms with Crippen LogP contribution in [0, 0.1) is 27.9 Å². The highest BCUT2D eigenvalue weighted by Crippen LogP contribution is 2.52. The van der Waals surface area contributed by atoms with Gasteiger partial charge in [-0.1, -0.05) is 31.4 Å². The first-order valence-corrected chi connectivity index (χ1v) is 12.3. The summed E-state index contributed by atoms with van der Waals surface area (Å²) in [5.74, 6) is -3.08. The molecule has 1 aromatic carbocycles. The molecule has 0 unspecified atom stereocenters. The van der Waals surface area contributed by atoms with Crippen molar-refractivity contribution in [1.29, 1.82) is 0 Å². The Kier molecular flexibility index (Phi) is 6.91. The highest BCUT2D eigenvalue weighted by Gasteiger charge is 2.67. The van der Waals surface area contributed by atoms with E-state index in [1.54, 1.807) is 18.7 Å². The van der Waals surface area contributed by atoms with Crippen molar-refractivity contribution in [3.8, 4) is 0 Å². The molecular formula is C25H32N2O7. The number of fused-ring (bicyclic) bond motifs is 2. The second-order valence-electron chi connectivity index (χ2n) is 9.50. The fourth-order valence-corrected chi connectivity index (χ4v) is 6.25. The number of carbonyl (C=O) groups excluding carboxylic acids is 3. The molecule has 0 bridgehead atoms. The summed E-state index contributed by atoms with van der Waals surface area (Å²) in [6, 6.07) is 4.35. The lowest BCUT2D eigenvalue weighted by atomic mass is 9.59. The van der Waals surface area contributed by atoms with Crippen LogP contribution in [-0.2, 0) is 35.7 Å². The van der Waals surface area contributed by atoms with E-state index in [2.05, 4.69) is 0 Å². The lowest BCUT2D eigenvalue weighted by Crippen LogP contribution is -2.58. The maximum Gasteiger partial charge on any atom is 0.328 e. The van der Waals surface area contributed by atoms with E-state index in [1.165, 1.54) is 24.6 Å². The molecule has 1 saturated carbocycles. The summed E-state index contributed by atoms with van der Waals surface area (Å²) in [6.45, 7) is 4.18. The molecule has 1 saturated heterocycles. The van der Waals surface area contributed by atoms with Gasteiger partial charge in [0.2, 0.25) is 11.3 Å². The number of nitrogens with zero attached hydrogens (tertiary/aromatic N) is 2. The van der Waals surface area contributed by atoms with E-state index >= 15 is 0 Å². The number of esters is 2. The molecule has 0 radical (unpaired) electrons. The molecule has 2 atom stereocenters. The smallest absolute Gasteiger partial charge is 0.328 e. The van der Waals surface area contributed by atoms with Gasteiger partial charge in [-0.15, -0.1) is 0 Å². The minimum atomic E-state index is -2.06. The van der Waals surface area contributed by atoms with E-state index in [0.29, 0.717) is 24.6 Å². The third kappa shape index (κ3) is 3.84. The van der Waals surface area contributed by atoms with Gasteiger partial charge >= 0.3 is 11.9 Å². The topological polar surface area (TPSA) is 116 Å². The van der Waals surface area contributed by atoms with Crippen molar-refractivity contribution in [3.63, 3.8) is 0 Å². The maximum atomic E-state index is 13.9. The van der Waals surface area contributed by atoms with Crippen LogP contribution in [0.3, 0.4) is 0 Å². The number of nitro groups is 1. The van der Waals surface area contributed by atoms with Gasteiger partial charge in [-0.05, 0) is 50.5 Å². The van der Waals surface area contributed by atoms with Gasteiger partial charge in [-0.2, -0.15) is 0 Å². The van der Waals surface area contributed by atoms with Gasteiger partial charge in [0.1, 0.15) is 0 Å². The van der Waals surface area contributed by atoms with Crippen LogP contribution in [0.2, 0.25) is 0 Å². The first-order chi connectivity index (χ1) is 16.4. The summed E-state index contributed by atoms with van der Waals surface area (Å²) in [5.41, 5.74) is -1.75. The quantitative estimate of drug-likeness (QED) is 0.259. The normalized spacial score (nSPS) is 23.7. The lowest BCUT2D eigenvalue weighted by molar-refractivity contribution is -0.385. The van der Waals surface area contributed by atoms with Crippen molar-refractivity contribution in [3.05, 3.63) is 39.4 Å². The number of hydrogen-bond acceptors (Lipinski definition) is 7. The zero-order chi connectivity index (χ0) is 24.5. The van der Waals surface area contributed by atoms with E-state index in [0.717, 1.165) is 25.7 Å². The van der Waals surface area contributed by atoms with E-state index in [1.807, 2.05) is 0 Å². The van der Waals surface area contributed by atoms with Crippen molar-refractivity contribution in [1.82, 2.24) is 4.90 Å². The number of carbonyl (C=O) groups is 3. The number of benzene rings is 1. The van der Waals surface area contributed by atoms with Crippen molar-refractivity contribution in [2.75, 3.05) is 26.3 Å². The molecule has 1 amide bonds. The van der Waals surface area contributed by atoms with Crippen molar-refractivity contribution in [2.45, 2.75) is 57.8 Å². The van der Waals surface area contributed by atoms with Crippen LogP contribution >= 0.6 is 0 Å². The molecule has 1 aromatic rings. The third-order valence-electron chi connectivity index (χ3n) is 7.61. The summed E-state index contributed by atoms with van der Waals surface area (Å²) >= 11 is 0. The Morgan fingerprint density at radius 1 is 1.12 bits per heavy atom. The maximum absolute atomic E-state index is 13.9. The summed E-state index contributed by atoms with van der Waals surface area (Å²) in [4.78, 5) is 54.2. The number of hydrogen-bond donors (Lipinski definition) is 0. The van der Waals surface area contributed by atoms with E-state index < -0.39 is 34.1 Å². The minimum Gasteiger partial charge on any atom is -0.465 e. The summed E-state index contributed by atoms with van der Waals surface area (Å²) in [6.07, 6.45) is 5.80. The highest BCUT2D eigenvalue weighted by molar-refractivity contribution is 6.12. The summed E-state index contributed by atoms with van der Waals surface area (Å²) < 4.78 is 10.7. The molecule has 34 heavy (non-hydrogen) atoms. The second-order valence-corrected chi connectivity index (χ2v) is 9.50. The Morgan fingerprint density at radius 2 is 1.76 bits per heavy atom. The molecule has 1 heterocycles. The van der Waals surface area contributed by atoms with Crippen LogP contribution in [0.15, 0.2) is 18.2 Å². The first kappa shape index (κ1) is 24.2. The minimum absolute atomic E-state index is 0.00160. The average Bonchev–Trinajstić information content (AvgIpc) is 3.13. The Labute approximate surface area is 198 Å². The lowest BCUT2D eigenvalue weighted by Gasteiger charge is -2.40. The standard InChI is InChI=1S/C25H32N2O7/c1-3-33-23(29)25(24(30)34-4-2)19-11-8-12-20(27(31)32)18(19)13-17-15-26(22(28)21(17)25)14-16-9-6-5-7-10-16/h8,11-12,16-17,21H,3-7,9-10,13-15H2,1-2H3/t17-,21+/m1/s1. The Bertz CT molecular complexity index is 967. The monoisotopic (exact) mass is 472 g/mol. The van der Waals surface area contributed by atoms with Gasteiger partial charge in [0.15, 0.2) is 0 Å². The first-order valence-electron chi connectivity index (χ1n) is 12.3. The van der Waals surface area contributed by atoms with Gasteiger partial charge in [0.05, 0.1) is 24.1 Å². The number of amides is 1. The molecule has 4 rings (SSSR count). The molecule has 1 aliphatic heterocycles. The van der Waals surface area contributed by atoms with Crippen LogP contribution in [-0.4, -0.2) is 54.0 Å². The molecule has 0 spiro atoms. The number of likely N-dealkylation sites (tertiary alicyclic amines) is 1. The van der Waals surface area contributed by atoms with Gasteiger partial charge < -0.3 is 14.4 Å². The predicted molar refractivity (Wildman–Crippen MR) is 122 cm³/mol. The van der Waals surface area contributed by atoms with Gasteiger partial charge in [0.25, 0.3) is 5.69 Å². The van der Waals surface area contributed by atoms with Crippen LogP contribution in [0.4, 0.5) is 5.69 Å². The molecule has 9 heteroatoms. The van der Waals surface area contributed by atoms with Crippen LogP contribution in [0.25, 0.3) is 0 Å². The fraction of sp³-hybridized carbons (Fsp3) is 0.640. The van der Waals surface area contributed by atoms with Crippen molar-refractivity contribution < 1.29 is 28.8 Å². The van der Waals surface area contributed by atoms with E-state index in [4.69, 9.17) is 9.47 Å². The number of ether oxygens (including phenoxy) is 2. The molecule has 184 valence electrons. The average molecular weight is 473 g/mol.